The highest BCUT2D eigenvalue weighted by molar-refractivity contribution is 6.34. The van der Waals surface area contributed by atoms with E-state index in [-0.39, 0.29) is 23.3 Å². The summed E-state index contributed by atoms with van der Waals surface area (Å²) in [5.41, 5.74) is 3.48. The van der Waals surface area contributed by atoms with Crippen LogP contribution in [-0.4, -0.2) is 26.6 Å². The number of pyridine rings is 1. The molecule has 2 amide bonds. The minimum absolute atomic E-state index is 0.139. The smallest absolute Gasteiger partial charge is 0.256 e. The molecule has 2 aromatic heterocycles. The van der Waals surface area contributed by atoms with Crippen LogP contribution in [0.15, 0.2) is 24.3 Å². The van der Waals surface area contributed by atoms with E-state index in [1.807, 2.05) is 31.5 Å². The lowest BCUT2D eigenvalue weighted by Crippen LogP contribution is -2.24. The first kappa shape index (κ1) is 22.7. The normalized spacial score (nSPS) is 11.8. The molecule has 164 valence electrons. The minimum atomic E-state index is -0.292. The van der Waals surface area contributed by atoms with E-state index < -0.39 is 0 Å². The van der Waals surface area contributed by atoms with Crippen molar-refractivity contribution in [1.82, 2.24) is 14.8 Å². The monoisotopic (exact) mass is 441 g/mol. The van der Waals surface area contributed by atoms with Gasteiger partial charge >= 0.3 is 0 Å². The van der Waals surface area contributed by atoms with Gasteiger partial charge < -0.3 is 10.6 Å². The van der Waals surface area contributed by atoms with Gasteiger partial charge in [-0.3, -0.25) is 9.59 Å². The zero-order chi connectivity index (χ0) is 23.1. The molecule has 3 rings (SSSR count). The molecule has 0 unspecified atom stereocenters. The Morgan fingerprint density at radius 1 is 1.13 bits per heavy atom. The summed E-state index contributed by atoms with van der Waals surface area (Å²) in [6, 6.07) is 6.78. The van der Waals surface area contributed by atoms with Gasteiger partial charge in [-0.15, -0.1) is 0 Å². The number of amides is 2. The molecule has 0 saturated heterocycles. The number of aromatic nitrogens is 3. The van der Waals surface area contributed by atoms with Crippen LogP contribution in [0.5, 0.6) is 0 Å². The van der Waals surface area contributed by atoms with Gasteiger partial charge in [-0.2, -0.15) is 5.10 Å². The molecule has 2 heterocycles. The second-order valence-corrected chi connectivity index (χ2v) is 9.35. The SMILES string of the molecule is CC(=O)Nc1ccc(NC(=O)c2cc(C(C)C)nc3c2c(C)nn3C(C)(C)C)c(Cl)c1. The molecule has 0 spiro atoms. The van der Waals surface area contributed by atoms with E-state index in [4.69, 9.17) is 16.6 Å². The third kappa shape index (κ3) is 4.71. The van der Waals surface area contributed by atoms with Crippen molar-refractivity contribution in [3.8, 4) is 0 Å². The largest absolute Gasteiger partial charge is 0.326 e. The quantitative estimate of drug-likeness (QED) is 0.560. The van der Waals surface area contributed by atoms with Crippen LogP contribution >= 0.6 is 11.6 Å². The van der Waals surface area contributed by atoms with E-state index in [1.165, 1.54) is 6.92 Å². The Labute approximate surface area is 187 Å². The molecule has 31 heavy (non-hydrogen) atoms. The van der Waals surface area contributed by atoms with Gasteiger partial charge in [0.25, 0.3) is 5.91 Å². The first-order valence-corrected chi connectivity index (χ1v) is 10.6. The lowest BCUT2D eigenvalue weighted by Gasteiger charge is -2.20. The Morgan fingerprint density at radius 3 is 2.35 bits per heavy atom. The number of fused-ring (bicyclic) bond motifs is 1. The first-order valence-electron chi connectivity index (χ1n) is 10.2. The molecule has 7 nitrogen and oxygen atoms in total. The lowest BCUT2D eigenvalue weighted by atomic mass is 10.0. The zero-order valence-electron chi connectivity index (χ0n) is 18.9. The number of carbonyl (C=O) groups is 2. The summed E-state index contributed by atoms with van der Waals surface area (Å²) in [5, 5.41) is 11.3. The second-order valence-electron chi connectivity index (χ2n) is 8.95. The number of hydrogen-bond donors (Lipinski definition) is 2. The van der Waals surface area contributed by atoms with Gasteiger partial charge in [-0.25, -0.2) is 9.67 Å². The van der Waals surface area contributed by atoms with Gasteiger partial charge in [0.05, 0.1) is 32.9 Å². The maximum absolute atomic E-state index is 13.3. The molecule has 8 heteroatoms. The summed E-state index contributed by atoms with van der Waals surface area (Å²) in [5.74, 6) is -0.347. The fourth-order valence-electron chi connectivity index (χ4n) is 3.34. The van der Waals surface area contributed by atoms with Gasteiger partial charge in [-0.05, 0) is 57.9 Å². The van der Waals surface area contributed by atoms with E-state index in [2.05, 4.69) is 36.5 Å². The number of rotatable bonds is 4. The predicted octanol–water partition coefficient (Wildman–Crippen LogP) is 5.48. The van der Waals surface area contributed by atoms with Crippen LogP contribution in [0.2, 0.25) is 5.02 Å². The van der Waals surface area contributed by atoms with Crippen LogP contribution < -0.4 is 10.6 Å². The molecule has 0 saturated carbocycles. The van der Waals surface area contributed by atoms with Crippen molar-refractivity contribution in [2.75, 3.05) is 10.6 Å². The number of carbonyl (C=O) groups excluding carboxylic acids is 2. The van der Waals surface area contributed by atoms with Crippen molar-refractivity contribution < 1.29 is 9.59 Å². The summed E-state index contributed by atoms with van der Waals surface area (Å²) >= 11 is 6.34. The molecular formula is C23H28ClN5O2. The molecular weight excluding hydrogens is 414 g/mol. The first-order chi connectivity index (χ1) is 14.4. The lowest BCUT2D eigenvalue weighted by molar-refractivity contribution is -0.114. The van der Waals surface area contributed by atoms with E-state index in [9.17, 15) is 9.59 Å². The van der Waals surface area contributed by atoms with Crippen molar-refractivity contribution >= 4 is 45.8 Å². The highest BCUT2D eigenvalue weighted by atomic mass is 35.5. The van der Waals surface area contributed by atoms with Gasteiger partial charge in [0.2, 0.25) is 5.91 Å². The standard InChI is InChI=1S/C23H28ClN5O2/c1-12(2)19-11-16(20-13(3)28-29(21(20)26-19)23(5,6)7)22(31)27-18-9-8-15(10-17(18)24)25-14(4)30/h8-12H,1-7H3,(H,25,30)(H,27,31). The number of hydrogen-bond acceptors (Lipinski definition) is 4. The molecule has 0 fully saturated rings. The fourth-order valence-corrected chi connectivity index (χ4v) is 3.57. The summed E-state index contributed by atoms with van der Waals surface area (Å²) in [6.45, 7) is 13.5. The average Bonchev–Trinajstić information content (AvgIpc) is 3.00. The maximum Gasteiger partial charge on any atom is 0.256 e. The Morgan fingerprint density at radius 2 is 1.81 bits per heavy atom. The number of halogens is 1. The Balaban J connectivity index is 2.08. The number of anilines is 2. The van der Waals surface area contributed by atoms with Gasteiger partial charge in [0.1, 0.15) is 0 Å². The number of nitrogens with one attached hydrogen (secondary N) is 2. The van der Waals surface area contributed by atoms with E-state index in [0.717, 1.165) is 16.8 Å². The third-order valence-electron chi connectivity index (χ3n) is 4.84. The molecule has 0 aliphatic rings. The molecule has 0 bridgehead atoms. The second kappa shape index (κ2) is 8.30. The highest BCUT2D eigenvalue weighted by Crippen LogP contribution is 2.31. The Bertz CT molecular complexity index is 1170. The number of benzene rings is 1. The summed E-state index contributed by atoms with van der Waals surface area (Å²) in [7, 11) is 0. The summed E-state index contributed by atoms with van der Waals surface area (Å²) in [6.07, 6.45) is 0. The van der Waals surface area contributed by atoms with Crippen molar-refractivity contribution in [2.24, 2.45) is 0 Å². The molecule has 0 radical (unpaired) electrons. The number of aryl methyl sites for hydroxylation is 1. The maximum atomic E-state index is 13.3. The molecule has 3 aromatic rings. The van der Waals surface area contributed by atoms with Gasteiger partial charge in [-0.1, -0.05) is 25.4 Å². The van der Waals surface area contributed by atoms with Crippen LogP contribution in [-0.2, 0) is 10.3 Å². The Hall–Kier alpha value is -2.93. The summed E-state index contributed by atoms with van der Waals surface area (Å²) < 4.78 is 1.87. The zero-order valence-corrected chi connectivity index (χ0v) is 19.7. The Kier molecular flexibility index (Phi) is 6.09. The topological polar surface area (TPSA) is 88.9 Å². The fraction of sp³-hybridized carbons (Fsp3) is 0.391. The van der Waals surface area contributed by atoms with Crippen LogP contribution in [0, 0.1) is 6.92 Å². The third-order valence-corrected chi connectivity index (χ3v) is 5.15. The summed E-state index contributed by atoms with van der Waals surface area (Å²) in [4.78, 5) is 29.4. The van der Waals surface area contributed by atoms with Crippen molar-refractivity contribution in [2.45, 2.75) is 59.9 Å². The van der Waals surface area contributed by atoms with Crippen LogP contribution in [0.25, 0.3) is 11.0 Å². The van der Waals surface area contributed by atoms with Crippen molar-refractivity contribution in [1.29, 1.82) is 0 Å². The molecule has 1 aromatic carbocycles. The molecule has 2 N–H and O–H groups in total. The van der Waals surface area contributed by atoms with Crippen LogP contribution in [0.4, 0.5) is 11.4 Å². The van der Waals surface area contributed by atoms with Gasteiger partial charge in [0.15, 0.2) is 5.65 Å². The van der Waals surface area contributed by atoms with Crippen molar-refractivity contribution in [3.63, 3.8) is 0 Å². The minimum Gasteiger partial charge on any atom is -0.326 e. The van der Waals surface area contributed by atoms with Crippen LogP contribution in [0.3, 0.4) is 0 Å². The van der Waals surface area contributed by atoms with E-state index in [1.54, 1.807) is 18.2 Å². The molecule has 0 aliphatic carbocycles. The molecule has 0 atom stereocenters. The van der Waals surface area contributed by atoms with Crippen molar-refractivity contribution in [3.05, 3.63) is 46.2 Å². The van der Waals surface area contributed by atoms with E-state index >= 15 is 0 Å². The highest BCUT2D eigenvalue weighted by Gasteiger charge is 2.25. The number of nitrogens with zero attached hydrogens (tertiary/aromatic N) is 3. The predicted molar refractivity (Wildman–Crippen MR) is 125 cm³/mol. The van der Waals surface area contributed by atoms with E-state index in [0.29, 0.717) is 27.6 Å². The molecule has 0 aliphatic heterocycles. The van der Waals surface area contributed by atoms with Crippen LogP contribution in [0.1, 0.15) is 69.2 Å². The average molecular weight is 442 g/mol. The van der Waals surface area contributed by atoms with Gasteiger partial charge in [0, 0.05) is 18.3 Å².